The highest BCUT2D eigenvalue weighted by molar-refractivity contribution is 14.1. The summed E-state index contributed by atoms with van der Waals surface area (Å²) in [5.74, 6) is 1.23. The molecule has 1 heterocycles. The zero-order valence-electron chi connectivity index (χ0n) is 8.61. The number of furan rings is 1. The van der Waals surface area contributed by atoms with Gasteiger partial charge in [0.25, 0.3) is 0 Å². The van der Waals surface area contributed by atoms with Crippen LogP contribution < -0.4 is 5.32 Å². The molecule has 2 aromatic rings. The van der Waals surface area contributed by atoms with Crippen molar-refractivity contribution in [1.29, 1.82) is 0 Å². The number of nitrogens with one attached hydrogen (secondary N) is 1. The molecule has 0 aliphatic rings. The molecule has 0 atom stereocenters. The van der Waals surface area contributed by atoms with Crippen molar-refractivity contribution in [2.45, 2.75) is 13.1 Å². The standard InChI is InChI=1S/C12H12INO2/c13-12-6-5-10(16-12)8-14-7-9-3-1-2-4-11(9)15/h1-6,14-15H,7-8H2. The van der Waals surface area contributed by atoms with E-state index < -0.39 is 0 Å². The molecule has 0 unspecified atom stereocenters. The molecule has 3 nitrogen and oxygen atoms in total. The lowest BCUT2D eigenvalue weighted by molar-refractivity contribution is 0.449. The Morgan fingerprint density at radius 1 is 1.12 bits per heavy atom. The Morgan fingerprint density at radius 3 is 2.62 bits per heavy atom. The highest BCUT2D eigenvalue weighted by atomic mass is 127. The van der Waals surface area contributed by atoms with Gasteiger partial charge in [-0.05, 0) is 40.8 Å². The average Bonchev–Trinajstić information content (AvgIpc) is 2.67. The van der Waals surface area contributed by atoms with Crippen LogP contribution in [0.3, 0.4) is 0 Å². The highest BCUT2D eigenvalue weighted by Gasteiger charge is 2.01. The predicted octanol–water partition coefficient (Wildman–Crippen LogP) is 2.88. The van der Waals surface area contributed by atoms with Gasteiger partial charge in [-0.3, -0.25) is 0 Å². The fraction of sp³-hybridized carbons (Fsp3) is 0.167. The van der Waals surface area contributed by atoms with Crippen LogP contribution in [0.1, 0.15) is 11.3 Å². The van der Waals surface area contributed by atoms with Crippen LogP contribution in [0.15, 0.2) is 40.8 Å². The van der Waals surface area contributed by atoms with Gasteiger partial charge in [-0.15, -0.1) is 0 Å². The van der Waals surface area contributed by atoms with Gasteiger partial charge in [-0.1, -0.05) is 18.2 Å². The Balaban J connectivity index is 1.87. The van der Waals surface area contributed by atoms with Crippen molar-refractivity contribution >= 4 is 22.6 Å². The summed E-state index contributed by atoms with van der Waals surface area (Å²) in [6.07, 6.45) is 0. The van der Waals surface area contributed by atoms with Gasteiger partial charge >= 0.3 is 0 Å². The van der Waals surface area contributed by atoms with Gasteiger partial charge in [-0.2, -0.15) is 0 Å². The lowest BCUT2D eigenvalue weighted by Gasteiger charge is -2.04. The summed E-state index contributed by atoms with van der Waals surface area (Å²) in [4.78, 5) is 0. The monoisotopic (exact) mass is 329 g/mol. The van der Waals surface area contributed by atoms with Crippen molar-refractivity contribution in [2.75, 3.05) is 0 Å². The Kier molecular flexibility index (Phi) is 3.84. The van der Waals surface area contributed by atoms with Crippen LogP contribution in [0.2, 0.25) is 0 Å². The van der Waals surface area contributed by atoms with E-state index in [0.717, 1.165) is 15.1 Å². The van der Waals surface area contributed by atoms with Gasteiger partial charge in [0.1, 0.15) is 11.5 Å². The van der Waals surface area contributed by atoms with E-state index in [-0.39, 0.29) is 0 Å². The van der Waals surface area contributed by atoms with Crippen LogP contribution in [0, 0.1) is 3.77 Å². The summed E-state index contributed by atoms with van der Waals surface area (Å²) in [6.45, 7) is 1.29. The van der Waals surface area contributed by atoms with E-state index in [4.69, 9.17) is 4.42 Å². The van der Waals surface area contributed by atoms with E-state index in [1.165, 1.54) is 0 Å². The maximum atomic E-state index is 9.55. The largest absolute Gasteiger partial charge is 0.508 e. The molecule has 0 spiro atoms. The van der Waals surface area contributed by atoms with Crippen molar-refractivity contribution < 1.29 is 9.52 Å². The van der Waals surface area contributed by atoms with Crippen LogP contribution in [0.25, 0.3) is 0 Å². The van der Waals surface area contributed by atoms with Crippen molar-refractivity contribution in [3.8, 4) is 5.75 Å². The molecular weight excluding hydrogens is 317 g/mol. The fourth-order valence-electron chi connectivity index (χ4n) is 1.43. The number of benzene rings is 1. The Hall–Kier alpha value is -1.01. The van der Waals surface area contributed by atoms with E-state index >= 15 is 0 Å². The Morgan fingerprint density at radius 2 is 1.94 bits per heavy atom. The summed E-state index contributed by atoms with van der Waals surface area (Å²) < 4.78 is 6.30. The van der Waals surface area contributed by atoms with Gasteiger partial charge in [0.2, 0.25) is 0 Å². The molecule has 0 fully saturated rings. The molecule has 0 aliphatic carbocycles. The van der Waals surface area contributed by atoms with Crippen molar-refractivity contribution in [1.82, 2.24) is 5.32 Å². The van der Waals surface area contributed by atoms with Crippen molar-refractivity contribution in [3.63, 3.8) is 0 Å². The molecule has 1 aromatic carbocycles. The number of para-hydroxylation sites is 1. The van der Waals surface area contributed by atoms with Gasteiger partial charge in [0.15, 0.2) is 3.77 Å². The number of phenols is 1. The maximum Gasteiger partial charge on any atom is 0.164 e. The van der Waals surface area contributed by atoms with E-state index in [1.807, 2.05) is 30.3 Å². The number of phenolic OH excluding ortho intramolecular Hbond substituents is 1. The van der Waals surface area contributed by atoms with E-state index in [2.05, 4.69) is 27.9 Å². The van der Waals surface area contributed by atoms with Crippen molar-refractivity contribution in [2.24, 2.45) is 0 Å². The van der Waals surface area contributed by atoms with Crippen LogP contribution in [0.4, 0.5) is 0 Å². The first-order valence-corrected chi connectivity index (χ1v) is 6.05. The van der Waals surface area contributed by atoms with Gasteiger partial charge in [0.05, 0.1) is 6.54 Å². The van der Waals surface area contributed by atoms with E-state index in [1.54, 1.807) is 6.07 Å². The first kappa shape index (κ1) is 11.5. The second kappa shape index (κ2) is 5.36. The van der Waals surface area contributed by atoms with Crippen molar-refractivity contribution in [3.05, 3.63) is 51.5 Å². The minimum atomic E-state index is 0.323. The molecule has 2 rings (SSSR count). The lowest BCUT2D eigenvalue weighted by Crippen LogP contribution is -2.12. The molecule has 4 heteroatoms. The van der Waals surface area contributed by atoms with Gasteiger partial charge in [0, 0.05) is 12.1 Å². The zero-order valence-corrected chi connectivity index (χ0v) is 10.8. The SMILES string of the molecule is Oc1ccccc1CNCc1ccc(I)o1. The molecule has 0 aliphatic heterocycles. The smallest absolute Gasteiger partial charge is 0.164 e. The van der Waals surface area contributed by atoms with Gasteiger partial charge in [-0.25, -0.2) is 0 Å². The number of hydrogen-bond donors (Lipinski definition) is 2. The third-order valence-corrected chi connectivity index (χ3v) is 2.81. The molecular formula is C12H12INO2. The third-order valence-electron chi connectivity index (χ3n) is 2.24. The molecule has 0 radical (unpaired) electrons. The second-order valence-corrected chi connectivity index (χ2v) is 4.50. The second-order valence-electron chi connectivity index (χ2n) is 3.44. The first-order chi connectivity index (χ1) is 7.75. The molecule has 16 heavy (non-hydrogen) atoms. The molecule has 0 bridgehead atoms. The average molecular weight is 329 g/mol. The first-order valence-electron chi connectivity index (χ1n) is 4.97. The topological polar surface area (TPSA) is 45.4 Å². The minimum Gasteiger partial charge on any atom is -0.508 e. The Bertz CT molecular complexity index is 468. The Labute approximate surface area is 108 Å². The number of hydrogen-bond acceptors (Lipinski definition) is 3. The minimum absolute atomic E-state index is 0.323. The molecule has 0 saturated carbocycles. The molecule has 1 aromatic heterocycles. The summed E-state index contributed by atoms with van der Waals surface area (Å²) in [5.41, 5.74) is 0.892. The predicted molar refractivity (Wildman–Crippen MR) is 70.1 cm³/mol. The summed E-state index contributed by atoms with van der Waals surface area (Å²) in [6, 6.07) is 11.2. The lowest BCUT2D eigenvalue weighted by atomic mass is 10.2. The number of halogens is 1. The van der Waals surface area contributed by atoms with Crippen LogP contribution >= 0.6 is 22.6 Å². The van der Waals surface area contributed by atoms with E-state index in [9.17, 15) is 5.11 Å². The highest BCUT2D eigenvalue weighted by Crippen LogP contribution is 2.15. The quantitative estimate of drug-likeness (QED) is 0.848. The van der Waals surface area contributed by atoms with E-state index in [0.29, 0.717) is 18.8 Å². The number of rotatable bonds is 4. The normalized spacial score (nSPS) is 10.6. The van der Waals surface area contributed by atoms with Crippen LogP contribution in [-0.2, 0) is 13.1 Å². The third kappa shape index (κ3) is 2.99. The fourth-order valence-corrected chi connectivity index (χ4v) is 1.89. The maximum absolute atomic E-state index is 9.55. The molecule has 84 valence electrons. The molecule has 0 amide bonds. The molecule has 2 N–H and O–H groups in total. The zero-order chi connectivity index (χ0) is 11.4. The number of aromatic hydroxyl groups is 1. The van der Waals surface area contributed by atoms with Crippen LogP contribution in [-0.4, -0.2) is 5.11 Å². The summed E-state index contributed by atoms with van der Waals surface area (Å²) >= 11 is 2.13. The summed E-state index contributed by atoms with van der Waals surface area (Å²) in [5, 5.41) is 12.8. The molecule has 0 saturated heterocycles. The van der Waals surface area contributed by atoms with Crippen LogP contribution in [0.5, 0.6) is 5.75 Å². The van der Waals surface area contributed by atoms with Gasteiger partial charge < -0.3 is 14.8 Å². The summed E-state index contributed by atoms with van der Waals surface area (Å²) in [7, 11) is 0.